The maximum Gasteiger partial charge on any atom is 0.0687 e. The summed E-state index contributed by atoms with van der Waals surface area (Å²) in [6.07, 6.45) is 1.76. The molecule has 1 N–H and O–H groups in total. The highest BCUT2D eigenvalue weighted by atomic mass is 16.3. The molecule has 0 aromatic heterocycles. The van der Waals surface area contributed by atoms with E-state index in [4.69, 9.17) is 5.11 Å². The molecule has 1 aromatic carbocycles. The van der Waals surface area contributed by atoms with Crippen molar-refractivity contribution in [1.82, 2.24) is 0 Å². The van der Waals surface area contributed by atoms with Crippen molar-refractivity contribution in [2.24, 2.45) is 0 Å². The molecular formula is C10H10O. The van der Waals surface area contributed by atoms with Gasteiger partial charge in [0.25, 0.3) is 0 Å². The lowest BCUT2D eigenvalue weighted by molar-refractivity contribution is 0.281. The third-order valence-corrected chi connectivity index (χ3v) is 1.48. The Bertz CT molecular complexity index is 283. The van der Waals surface area contributed by atoms with Crippen molar-refractivity contribution in [1.29, 1.82) is 0 Å². The van der Waals surface area contributed by atoms with Crippen LogP contribution in [0.5, 0.6) is 0 Å². The Labute approximate surface area is 66.3 Å². The van der Waals surface area contributed by atoms with Gasteiger partial charge in [0.1, 0.15) is 0 Å². The Morgan fingerprint density at radius 3 is 2.82 bits per heavy atom. The molecule has 0 bridgehead atoms. The molecule has 0 aliphatic heterocycles. The fourth-order valence-electron chi connectivity index (χ4n) is 0.929. The first-order valence-electron chi connectivity index (χ1n) is 3.43. The second-order valence-electron chi connectivity index (χ2n) is 2.21. The van der Waals surface area contributed by atoms with Gasteiger partial charge in [0.05, 0.1) is 6.61 Å². The van der Waals surface area contributed by atoms with E-state index in [2.05, 4.69) is 12.3 Å². The number of hydrogen-bond donors (Lipinski definition) is 1. The molecule has 0 fully saturated rings. The Hall–Kier alpha value is -1.30. The predicted molar refractivity (Wildman–Crippen MR) is 46.0 cm³/mol. The standard InChI is InChI=1S/C10H10O/c1-2-5-9-6-3-4-7-10(9)8-11/h3-7,11H,1,8H2. The molecule has 0 aliphatic carbocycles. The zero-order valence-electron chi connectivity index (χ0n) is 6.25. The highest BCUT2D eigenvalue weighted by Gasteiger charge is 1.93. The van der Waals surface area contributed by atoms with Crippen LogP contribution >= 0.6 is 0 Å². The van der Waals surface area contributed by atoms with Crippen molar-refractivity contribution in [2.45, 2.75) is 6.61 Å². The first-order chi connectivity index (χ1) is 5.38. The summed E-state index contributed by atoms with van der Waals surface area (Å²) in [5.74, 6) is 0. The van der Waals surface area contributed by atoms with Crippen LogP contribution in [0.4, 0.5) is 0 Å². The topological polar surface area (TPSA) is 20.2 Å². The van der Waals surface area contributed by atoms with Crippen LogP contribution in [-0.4, -0.2) is 5.11 Å². The van der Waals surface area contributed by atoms with Crippen LogP contribution in [0.2, 0.25) is 0 Å². The van der Waals surface area contributed by atoms with Gasteiger partial charge in [0, 0.05) is 0 Å². The molecule has 11 heavy (non-hydrogen) atoms. The molecule has 1 aromatic rings. The summed E-state index contributed by atoms with van der Waals surface area (Å²) in [5.41, 5.74) is 4.56. The molecule has 1 heteroatoms. The number of hydrogen-bond acceptors (Lipinski definition) is 1. The van der Waals surface area contributed by atoms with Gasteiger partial charge in [-0.1, -0.05) is 30.8 Å². The predicted octanol–water partition coefficient (Wildman–Crippen LogP) is 1.98. The molecule has 0 saturated heterocycles. The van der Waals surface area contributed by atoms with Crippen LogP contribution < -0.4 is 0 Å². The lowest BCUT2D eigenvalue weighted by Gasteiger charge is -1.98. The minimum atomic E-state index is 0.0638. The Balaban J connectivity index is 3.11. The second kappa shape index (κ2) is 3.77. The fourth-order valence-corrected chi connectivity index (χ4v) is 0.929. The van der Waals surface area contributed by atoms with Gasteiger partial charge in [-0.05, 0) is 17.2 Å². The minimum Gasteiger partial charge on any atom is -0.392 e. The number of benzene rings is 1. The van der Waals surface area contributed by atoms with Crippen molar-refractivity contribution < 1.29 is 5.11 Å². The summed E-state index contributed by atoms with van der Waals surface area (Å²) >= 11 is 0. The van der Waals surface area contributed by atoms with E-state index in [0.29, 0.717) is 0 Å². The summed E-state index contributed by atoms with van der Waals surface area (Å²) in [6, 6.07) is 7.61. The lowest BCUT2D eigenvalue weighted by atomic mass is 10.1. The van der Waals surface area contributed by atoms with Crippen molar-refractivity contribution in [3.63, 3.8) is 0 Å². The van der Waals surface area contributed by atoms with Crippen LogP contribution in [0, 0.1) is 0 Å². The van der Waals surface area contributed by atoms with Gasteiger partial charge in [-0.15, -0.1) is 5.73 Å². The van der Waals surface area contributed by atoms with E-state index in [0.717, 1.165) is 11.1 Å². The molecule has 0 amide bonds. The van der Waals surface area contributed by atoms with Crippen LogP contribution in [0.3, 0.4) is 0 Å². The molecule has 0 saturated carbocycles. The molecule has 1 rings (SSSR count). The van der Waals surface area contributed by atoms with Crippen molar-refractivity contribution >= 4 is 6.08 Å². The molecular weight excluding hydrogens is 136 g/mol. The smallest absolute Gasteiger partial charge is 0.0687 e. The average molecular weight is 146 g/mol. The fraction of sp³-hybridized carbons (Fsp3) is 0.100. The maximum absolute atomic E-state index is 8.88. The first kappa shape index (κ1) is 7.80. The molecule has 0 radical (unpaired) electrons. The van der Waals surface area contributed by atoms with Crippen molar-refractivity contribution in [3.8, 4) is 0 Å². The van der Waals surface area contributed by atoms with Crippen molar-refractivity contribution in [3.05, 3.63) is 47.7 Å². The van der Waals surface area contributed by atoms with Gasteiger partial charge in [0.2, 0.25) is 0 Å². The Morgan fingerprint density at radius 1 is 1.45 bits per heavy atom. The van der Waals surface area contributed by atoms with Gasteiger partial charge in [0.15, 0.2) is 0 Å². The van der Waals surface area contributed by atoms with Crippen molar-refractivity contribution in [2.75, 3.05) is 0 Å². The van der Waals surface area contributed by atoms with E-state index < -0.39 is 0 Å². The maximum atomic E-state index is 8.88. The van der Waals surface area contributed by atoms with Gasteiger partial charge in [-0.2, -0.15) is 0 Å². The van der Waals surface area contributed by atoms with E-state index in [1.807, 2.05) is 24.3 Å². The molecule has 0 unspecified atom stereocenters. The highest BCUT2D eigenvalue weighted by molar-refractivity contribution is 5.52. The summed E-state index contributed by atoms with van der Waals surface area (Å²) < 4.78 is 0. The molecule has 56 valence electrons. The van der Waals surface area contributed by atoms with E-state index in [9.17, 15) is 0 Å². The monoisotopic (exact) mass is 146 g/mol. The number of aliphatic hydroxyl groups excluding tert-OH is 1. The Morgan fingerprint density at radius 2 is 2.18 bits per heavy atom. The van der Waals surface area contributed by atoms with E-state index in [-0.39, 0.29) is 6.61 Å². The zero-order chi connectivity index (χ0) is 8.10. The van der Waals surface area contributed by atoms with E-state index in [1.54, 1.807) is 6.08 Å². The Kier molecular flexibility index (Phi) is 2.67. The van der Waals surface area contributed by atoms with Crippen LogP contribution in [0.25, 0.3) is 6.08 Å². The van der Waals surface area contributed by atoms with Crippen LogP contribution in [0.15, 0.2) is 36.6 Å². The summed E-state index contributed by atoms with van der Waals surface area (Å²) in [4.78, 5) is 0. The normalized spacial score (nSPS) is 8.82. The minimum absolute atomic E-state index is 0.0638. The van der Waals surface area contributed by atoms with Gasteiger partial charge >= 0.3 is 0 Å². The molecule has 0 spiro atoms. The second-order valence-corrected chi connectivity index (χ2v) is 2.21. The molecule has 0 heterocycles. The molecule has 0 atom stereocenters. The molecule has 0 aliphatic rings. The van der Waals surface area contributed by atoms with E-state index in [1.165, 1.54) is 0 Å². The summed E-state index contributed by atoms with van der Waals surface area (Å²) in [5, 5.41) is 8.88. The molecule has 1 nitrogen and oxygen atoms in total. The van der Waals surface area contributed by atoms with Gasteiger partial charge in [-0.25, -0.2) is 0 Å². The quantitative estimate of drug-likeness (QED) is 0.632. The van der Waals surface area contributed by atoms with Crippen LogP contribution in [0.1, 0.15) is 11.1 Å². The third-order valence-electron chi connectivity index (χ3n) is 1.48. The summed E-state index contributed by atoms with van der Waals surface area (Å²) in [6.45, 7) is 3.53. The third kappa shape index (κ3) is 1.81. The van der Waals surface area contributed by atoms with Crippen LogP contribution in [-0.2, 0) is 6.61 Å². The van der Waals surface area contributed by atoms with E-state index >= 15 is 0 Å². The van der Waals surface area contributed by atoms with Gasteiger partial charge in [-0.3, -0.25) is 0 Å². The zero-order valence-corrected chi connectivity index (χ0v) is 6.25. The highest BCUT2D eigenvalue weighted by Crippen LogP contribution is 2.09. The number of rotatable bonds is 2. The lowest BCUT2D eigenvalue weighted by Crippen LogP contribution is -1.85. The average Bonchev–Trinajstić information content (AvgIpc) is 2.06. The number of aliphatic hydroxyl groups is 1. The first-order valence-corrected chi connectivity index (χ1v) is 3.43. The summed E-state index contributed by atoms with van der Waals surface area (Å²) in [7, 11) is 0. The SMILES string of the molecule is C=C=Cc1ccccc1CO. The largest absolute Gasteiger partial charge is 0.392 e. The van der Waals surface area contributed by atoms with Gasteiger partial charge < -0.3 is 5.11 Å².